The predicted octanol–water partition coefficient (Wildman–Crippen LogP) is 6.19. The van der Waals surface area contributed by atoms with Crippen LogP contribution in [0.5, 0.6) is 0 Å². The average molecular weight is 364 g/mol. The zero-order valence-electron chi connectivity index (χ0n) is 14.1. The van der Waals surface area contributed by atoms with Crippen LogP contribution < -0.4 is 0 Å². The van der Waals surface area contributed by atoms with Crippen molar-refractivity contribution in [3.8, 4) is 0 Å². The number of fused-ring (bicyclic) bond motifs is 1. The van der Waals surface area contributed by atoms with Crippen molar-refractivity contribution in [3.63, 3.8) is 0 Å². The van der Waals surface area contributed by atoms with Crippen LogP contribution in [-0.4, -0.2) is 18.0 Å². The number of hydrogen-bond donors (Lipinski definition) is 0. The number of alkyl halides is 3. The van der Waals surface area contributed by atoms with Crippen molar-refractivity contribution < 1.29 is 26.3 Å². The van der Waals surface area contributed by atoms with E-state index in [2.05, 4.69) is 0 Å². The zero-order valence-corrected chi connectivity index (χ0v) is 14.1. The third-order valence-corrected chi connectivity index (χ3v) is 6.02. The Morgan fingerprint density at radius 2 is 1.68 bits per heavy atom. The smallest absolute Gasteiger partial charge is 0.194 e. The van der Waals surface area contributed by atoms with Gasteiger partial charge < -0.3 is 0 Å². The first-order valence-corrected chi connectivity index (χ1v) is 8.90. The fraction of sp³-hybridized carbons (Fsp3) is 0.684. The maximum atomic E-state index is 15.4. The summed E-state index contributed by atoms with van der Waals surface area (Å²) in [6.07, 6.45) is -1.58. The Bertz CT molecular complexity index is 609. The zero-order chi connectivity index (χ0) is 18.4. The minimum atomic E-state index is -2.64. The van der Waals surface area contributed by atoms with Gasteiger partial charge in [0.15, 0.2) is 23.1 Å². The van der Waals surface area contributed by atoms with Crippen LogP contribution in [0.3, 0.4) is 0 Å². The van der Waals surface area contributed by atoms with Gasteiger partial charge in [-0.3, -0.25) is 0 Å². The van der Waals surface area contributed by atoms with Gasteiger partial charge in [-0.15, -0.1) is 0 Å². The number of hydrogen-bond acceptors (Lipinski definition) is 0. The van der Waals surface area contributed by atoms with Crippen molar-refractivity contribution in [2.24, 2.45) is 11.8 Å². The van der Waals surface area contributed by atoms with Crippen molar-refractivity contribution in [1.82, 2.24) is 0 Å². The molecule has 0 aliphatic heterocycles. The topological polar surface area (TPSA) is 0 Å². The molecule has 0 amide bonds. The lowest BCUT2D eigenvalue weighted by molar-refractivity contribution is -0.0379. The van der Waals surface area contributed by atoms with Gasteiger partial charge in [-0.05, 0) is 55.2 Å². The average Bonchev–Trinajstić information content (AvgIpc) is 2.75. The highest BCUT2D eigenvalue weighted by atomic mass is 19.2. The van der Waals surface area contributed by atoms with Gasteiger partial charge in [0.1, 0.15) is 12.3 Å². The summed E-state index contributed by atoms with van der Waals surface area (Å²) in [7, 11) is 0. The molecule has 2 aliphatic rings. The number of rotatable bonds is 3. The van der Waals surface area contributed by atoms with E-state index in [0.29, 0.717) is 25.0 Å². The molecule has 0 aromatic heterocycles. The Morgan fingerprint density at radius 1 is 1.04 bits per heavy atom. The lowest BCUT2D eigenvalue weighted by Crippen LogP contribution is -2.45. The van der Waals surface area contributed by atoms with E-state index in [1.165, 1.54) is 0 Å². The molecule has 140 valence electrons. The number of halogens is 6. The van der Waals surface area contributed by atoms with E-state index in [9.17, 15) is 22.0 Å². The molecule has 2 saturated carbocycles. The normalized spacial score (nSPS) is 38.4. The molecule has 0 radical (unpaired) electrons. The van der Waals surface area contributed by atoms with Crippen LogP contribution in [0, 0.1) is 29.3 Å². The lowest BCUT2D eigenvalue weighted by Gasteiger charge is -2.31. The first kappa shape index (κ1) is 18.6. The van der Waals surface area contributed by atoms with Crippen LogP contribution in [0.2, 0.25) is 0 Å². The molecule has 0 nitrogen and oxygen atoms in total. The van der Waals surface area contributed by atoms with E-state index in [0.717, 1.165) is 12.8 Å². The Labute approximate surface area is 143 Å². The van der Waals surface area contributed by atoms with Crippen LogP contribution in [0.1, 0.15) is 56.9 Å². The van der Waals surface area contributed by atoms with Gasteiger partial charge in [-0.25, -0.2) is 26.3 Å². The van der Waals surface area contributed by atoms with E-state index >= 15 is 4.39 Å². The van der Waals surface area contributed by atoms with E-state index in [4.69, 9.17) is 0 Å². The molecule has 0 saturated heterocycles. The van der Waals surface area contributed by atoms with Gasteiger partial charge in [-0.2, -0.15) is 0 Å². The fourth-order valence-corrected chi connectivity index (χ4v) is 4.70. The summed E-state index contributed by atoms with van der Waals surface area (Å²) in [6, 6.07) is 1.38. The maximum Gasteiger partial charge on any atom is 0.194 e. The van der Waals surface area contributed by atoms with Crippen LogP contribution >= 0.6 is 0 Å². The Morgan fingerprint density at radius 3 is 2.28 bits per heavy atom. The van der Waals surface area contributed by atoms with Gasteiger partial charge in [-0.1, -0.05) is 19.8 Å². The highest BCUT2D eigenvalue weighted by molar-refractivity contribution is 5.29. The van der Waals surface area contributed by atoms with Crippen molar-refractivity contribution in [2.45, 2.75) is 69.4 Å². The second kappa shape index (κ2) is 6.84. The molecule has 0 bridgehead atoms. The second-order valence-corrected chi connectivity index (χ2v) is 7.50. The second-order valence-electron chi connectivity index (χ2n) is 7.50. The van der Waals surface area contributed by atoms with Crippen molar-refractivity contribution in [3.05, 3.63) is 35.1 Å². The third kappa shape index (κ3) is 3.06. The molecule has 6 unspecified atom stereocenters. The highest BCUT2D eigenvalue weighted by Gasteiger charge is 2.62. The van der Waals surface area contributed by atoms with Gasteiger partial charge in [0.25, 0.3) is 0 Å². The van der Waals surface area contributed by atoms with Crippen LogP contribution in [0.4, 0.5) is 26.3 Å². The monoisotopic (exact) mass is 364 g/mol. The Kier molecular flexibility index (Phi) is 5.09. The van der Waals surface area contributed by atoms with Crippen LogP contribution in [-0.2, 0) is 0 Å². The minimum Gasteiger partial charge on any atom is -0.244 e. The Hall–Kier alpha value is -1.20. The molecule has 3 rings (SSSR count). The van der Waals surface area contributed by atoms with Gasteiger partial charge in [0, 0.05) is 5.92 Å². The first-order valence-electron chi connectivity index (χ1n) is 8.90. The van der Waals surface area contributed by atoms with Gasteiger partial charge in [0.2, 0.25) is 0 Å². The summed E-state index contributed by atoms with van der Waals surface area (Å²) in [5.74, 6) is -6.50. The number of benzene rings is 1. The summed E-state index contributed by atoms with van der Waals surface area (Å²) < 4.78 is 85.1. The van der Waals surface area contributed by atoms with E-state index in [-0.39, 0.29) is 24.3 Å². The molecule has 0 N–H and O–H groups in total. The molecule has 0 heterocycles. The molecule has 1 aromatic rings. The Balaban J connectivity index is 1.89. The molecule has 0 spiro atoms. The molecule has 1 aromatic carbocycles. The van der Waals surface area contributed by atoms with Crippen LogP contribution in [0.15, 0.2) is 12.1 Å². The standard InChI is InChI=1S/C19H22F6/c1-2-3-10-4-5-12-9-13(18(24)19(12,25)16(22)6-10)11-7-14(20)17(23)15(21)8-11/h7-8,10,12-13,16,18H,2-6,9H2,1H3. The molecule has 6 atom stereocenters. The largest absolute Gasteiger partial charge is 0.244 e. The lowest BCUT2D eigenvalue weighted by atomic mass is 9.85. The minimum absolute atomic E-state index is 0.0263. The van der Waals surface area contributed by atoms with Crippen molar-refractivity contribution >= 4 is 0 Å². The third-order valence-electron chi connectivity index (χ3n) is 6.02. The van der Waals surface area contributed by atoms with Gasteiger partial charge >= 0.3 is 0 Å². The molecule has 25 heavy (non-hydrogen) atoms. The summed E-state index contributed by atoms with van der Waals surface area (Å²) in [5.41, 5.74) is -2.79. The van der Waals surface area contributed by atoms with E-state index < -0.39 is 47.3 Å². The summed E-state index contributed by atoms with van der Waals surface area (Å²) in [4.78, 5) is 0. The SMILES string of the molecule is CCCC1CCC2CC(c3cc(F)c(F)c(F)c3)C(F)C2(F)C(F)C1. The molecular formula is C19H22F6. The summed E-state index contributed by atoms with van der Waals surface area (Å²) in [5, 5.41) is 0. The quantitative estimate of drug-likeness (QED) is 0.443. The highest BCUT2D eigenvalue weighted by Crippen LogP contribution is 2.56. The molecule has 6 heteroatoms. The van der Waals surface area contributed by atoms with Crippen molar-refractivity contribution in [1.29, 1.82) is 0 Å². The summed E-state index contributed by atoms with van der Waals surface area (Å²) in [6.45, 7) is 1.97. The first-order chi connectivity index (χ1) is 11.8. The summed E-state index contributed by atoms with van der Waals surface area (Å²) >= 11 is 0. The van der Waals surface area contributed by atoms with Crippen molar-refractivity contribution in [2.75, 3.05) is 0 Å². The van der Waals surface area contributed by atoms with Gasteiger partial charge in [0.05, 0.1) is 0 Å². The molecule has 2 aliphatic carbocycles. The maximum absolute atomic E-state index is 15.4. The fourth-order valence-electron chi connectivity index (χ4n) is 4.70. The molecule has 2 fully saturated rings. The molecular weight excluding hydrogens is 342 g/mol. The van der Waals surface area contributed by atoms with E-state index in [1.54, 1.807) is 0 Å². The van der Waals surface area contributed by atoms with Crippen LogP contribution in [0.25, 0.3) is 0 Å². The predicted molar refractivity (Wildman–Crippen MR) is 83.0 cm³/mol. The van der Waals surface area contributed by atoms with E-state index in [1.807, 2.05) is 6.92 Å².